The number of hydrogen-bond acceptors (Lipinski definition) is 8. The maximum absolute atomic E-state index is 13.2. The van der Waals surface area contributed by atoms with Crippen LogP contribution in [0, 0.1) is 17.2 Å². The number of aromatic amines is 1. The molecule has 12 heteroatoms. The van der Waals surface area contributed by atoms with Gasteiger partial charge in [0.25, 0.3) is 11.8 Å². The van der Waals surface area contributed by atoms with Gasteiger partial charge in [0.05, 0.1) is 18.0 Å². The summed E-state index contributed by atoms with van der Waals surface area (Å²) in [4.78, 5) is 43.3. The molecule has 12 nitrogen and oxygen atoms in total. The predicted molar refractivity (Wildman–Crippen MR) is 158 cm³/mol. The summed E-state index contributed by atoms with van der Waals surface area (Å²) >= 11 is 0. The van der Waals surface area contributed by atoms with Gasteiger partial charge in [-0.25, -0.2) is 0 Å². The highest BCUT2D eigenvalue weighted by Gasteiger charge is 2.54. The maximum atomic E-state index is 13.2. The summed E-state index contributed by atoms with van der Waals surface area (Å²) in [5.74, 6) is 0.545. The summed E-state index contributed by atoms with van der Waals surface area (Å²) < 4.78 is 0. The van der Waals surface area contributed by atoms with Crippen LogP contribution in [-0.2, 0) is 10.2 Å². The van der Waals surface area contributed by atoms with Gasteiger partial charge >= 0.3 is 0 Å². The van der Waals surface area contributed by atoms with Crippen molar-refractivity contribution in [3.8, 4) is 6.07 Å². The molecule has 2 N–H and O–H groups in total. The number of aromatic nitrogens is 4. The first-order valence-corrected chi connectivity index (χ1v) is 14.4. The topological polar surface area (TPSA) is 151 Å². The molecule has 0 unspecified atom stereocenters. The Morgan fingerprint density at radius 3 is 2.02 bits per heavy atom. The van der Waals surface area contributed by atoms with E-state index in [0.717, 1.165) is 24.0 Å². The molecule has 43 heavy (non-hydrogen) atoms. The Bertz CT molecular complexity index is 1450. The molecular weight excluding hydrogens is 546 g/mol. The lowest BCUT2D eigenvalue weighted by atomic mass is 9.69. The molecule has 1 aliphatic carbocycles. The molecule has 1 saturated carbocycles. The van der Waals surface area contributed by atoms with Crippen LogP contribution in [-0.4, -0.2) is 106 Å². The predicted octanol–water partition coefficient (Wildman–Crippen LogP) is 1.82. The number of tetrazole rings is 1. The number of carbonyl (C=O) groups is 3. The maximum Gasteiger partial charge on any atom is 0.253 e. The molecule has 3 aromatic rings. The fourth-order valence-corrected chi connectivity index (χ4v) is 6.22. The van der Waals surface area contributed by atoms with Crippen LogP contribution in [0.5, 0.6) is 0 Å². The van der Waals surface area contributed by atoms with E-state index in [1.165, 1.54) is 9.80 Å². The zero-order chi connectivity index (χ0) is 30.9. The summed E-state index contributed by atoms with van der Waals surface area (Å²) in [6, 6.07) is 16.5. The van der Waals surface area contributed by atoms with Gasteiger partial charge in [-0.3, -0.25) is 14.4 Å². The first-order valence-electron chi connectivity index (χ1n) is 14.4. The van der Waals surface area contributed by atoms with Crippen LogP contribution in [0.3, 0.4) is 0 Å². The quantitative estimate of drug-likeness (QED) is 0.367. The third kappa shape index (κ3) is 5.72. The number of benzene rings is 2. The zero-order valence-corrected chi connectivity index (χ0v) is 25.1. The number of fused-ring (bicyclic) bond motifs is 1. The average Bonchev–Trinajstić information content (AvgIpc) is 3.38. The summed E-state index contributed by atoms with van der Waals surface area (Å²) in [6.07, 6.45) is 2.15. The van der Waals surface area contributed by atoms with Crippen LogP contribution >= 0.6 is 0 Å². The molecule has 0 bridgehead atoms. The largest absolute Gasteiger partial charge is 0.345 e. The Balaban J connectivity index is 1.50. The number of nitrogens with one attached hydrogen (secondary N) is 2. The molecule has 2 heterocycles. The molecule has 4 atom stereocenters. The minimum Gasteiger partial charge on any atom is -0.345 e. The number of rotatable bonds is 10. The van der Waals surface area contributed by atoms with Gasteiger partial charge in [-0.05, 0) is 67.5 Å². The molecule has 3 amide bonds. The Morgan fingerprint density at radius 2 is 1.56 bits per heavy atom. The van der Waals surface area contributed by atoms with Crippen molar-refractivity contribution in [2.24, 2.45) is 5.92 Å². The highest BCUT2D eigenvalue weighted by atomic mass is 16.2. The Morgan fingerprint density at radius 1 is 1.00 bits per heavy atom. The van der Waals surface area contributed by atoms with Crippen LogP contribution in [0.25, 0.3) is 0 Å². The Hall–Kier alpha value is -4.63. The summed E-state index contributed by atoms with van der Waals surface area (Å²) in [5.41, 5.74) is 1.76. The third-order valence-corrected chi connectivity index (χ3v) is 8.54. The second-order valence-electron chi connectivity index (χ2n) is 11.9. The molecule has 1 saturated heterocycles. The first-order chi connectivity index (χ1) is 20.6. The Labute approximate surface area is 251 Å². The van der Waals surface area contributed by atoms with E-state index in [0.29, 0.717) is 29.3 Å². The van der Waals surface area contributed by atoms with Crippen LogP contribution < -0.4 is 5.32 Å². The van der Waals surface area contributed by atoms with E-state index in [1.54, 1.807) is 57.4 Å². The van der Waals surface area contributed by atoms with E-state index >= 15 is 0 Å². The molecule has 2 aromatic carbocycles. The van der Waals surface area contributed by atoms with Crippen molar-refractivity contribution in [1.82, 2.24) is 40.6 Å². The number of H-pyrrole nitrogens is 1. The number of likely N-dealkylation sites (tertiary alicyclic amines) is 1. The third-order valence-electron chi connectivity index (χ3n) is 8.54. The van der Waals surface area contributed by atoms with E-state index in [1.807, 2.05) is 31.2 Å². The van der Waals surface area contributed by atoms with Crippen LogP contribution in [0.2, 0.25) is 0 Å². The second-order valence-corrected chi connectivity index (χ2v) is 11.9. The summed E-state index contributed by atoms with van der Waals surface area (Å²) in [5, 5.41) is 28.2. The minimum absolute atomic E-state index is 0.0772. The van der Waals surface area contributed by atoms with Gasteiger partial charge in [0.15, 0.2) is 5.82 Å². The SMILES string of the molecule is C[C@@H](CC(c1ccc(C(=O)N(C)C)cc1)(c1ccc(C(=O)N(C)C)cc1)c1nn[nH]n1)NCC(=O)N1[C@H](C#N)C[C@@H]2C[C@@H]21. The second kappa shape index (κ2) is 11.9. The number of nitrogens with zero attached hydrogens (tertiary/aromatic N) is 7. The normalized spacial score (nSPS) is 19.7. The number of nitriles is 1. The highest BCUT2D eigenvalue weighted by Crippen LogP contribution is 2.47. The van der Waals surface area contributed by atoms with Crippen molar-refractivity contribution in [1.29, 1.82) is 5.26 Å². The van der Waals surface area contributed by atoms with Crippen molar-refractivity contribution in [2.45, 2.75) is 49.7 Å². The van der Waals surface area contributed by atoms with Gasteiger partial charge in [0.2, 0.25) is 5.91 Å². The average molecular weight is 584 g/mol. The molecular formula is C31H37N9O3. The number of carbonyl (C=O) groups excluding carboxylic acids is 3. The van der Waals surface area contributed by atoms with Gasteiger partial charge in [-0.1, -0.05) is 29.5 Å². The first kappa shape index (κ1) is 29.8. The molecule has 0 radical (unpaired) electrons. The van der Waals surface area contributed by atoms with Gasteiger partial charge in [0.1, 0.15) is 6.04 Å². The van der Waals surface area contributed by atoms with E-state index in [-0.39, 0.29) is 42.4 Å². The molecule has 1 aromatic heterocycles. The number of hydrogen-bond donors (Lipinski definition) is 2. The van der Waals surface area contributed by atoms with Crippen molar-refractivity contribution < 1.29 is 14.4 Å². The monoisotopic (exact) mass is 583 g/mol. The van der Waals surface area contributed by atoms with Crippen molar-refractivity contribution in [3.63, 3.8) is 0 Å². The smallest absolute Gasteiger partial charge is 0.253 e. The summed E-state index contributed by atoms with van der Waals surface area (Å²) in [6.45, 7) is 2.08. The van der Waals surface area contributed by atoms with Crippen molar-refractivity contribution >= 4 is 17.7 Å². The van der Waals surface area contributed by atoms with Crippen LogP contribution in [0.15, 0.2) is 48.5 Å². The zero-order valence-electron chi connectivity index (χ0n) is 25.1. The van der Waals surface area contributed by atoms with Gasteiger partial charge in [-0.2, -0.15) is 10.5 Å². The lowest BCUT2D eigenvalue weighted by Crippen LogP contribution is -2.46. The lowest BCUT2D eigenvalue weighted by molar-refractivity contribution is -0.131. The Kier molecular flexibility index (Phi) is 8.28. The lowest BCUT2D eigenvalue weighted by Gasteiger charge is -2.35. The standard InChI is InChI=1S/C31H37N9O3/c1-19(33-18-27(41)40-25(17-32)14-22-15-26(22)40)16-31(30-34-36-37-35-30,23-10-6-20(7-11-23)28(42)38(2)3)24-12-8-21(9-13-24)29(43)39(4)5/h6-13,19,22,25-26,33H,14-16,18H2,1-5H3,(H,34,35,36,37)/t19-,22+,25-,26-/m0/s1. The molecule has 1 aliphatic heterocycles. The molecule has 2 aliphatic rings. The highest BCUT2D eigenvalue weighted by molar-refractivity contribution is 5.94. The molecule has 0 spiro atoms. The summed E-state index contributed by atoms with van der Waals surface area (Å²) in [7, 11) is 6.82. The van der Waals surface area contributed by atoms with Crippen molar-refractivity contribution in [2.75, 3.05) is 34.7 Å². The van der Waals surface area contributed by atoms with E-state index in [4.69, 9.17) is 0 Å². The van der Waals surface area contributed by atoms with Gasteiger partial charge < -0.3 is 20.0 Å². The van der Waals surface area contributed by atoms with Gasteiger partial charge in [-0.15, -0.1) is 10.2 Å². The fourth-order valence-electron chi connectivity index (χ4n) is 6.22. The fraction of sp³-hybridized carbons (Fsp3) is 0.452. The molecule has 5 rings (SSSR count). The van der Waals surface area contributed by atoms with Gasteiger partial charge in [0, 0.05) is 51.4 Å². The van der Waals surface area contributed by atoms with E-state index in [2.05, 4.69) is 32.0 Å². The van der Waals surface area contributed by atoms with Crippen molar-refractivity contribution in [3.05, 3.63) is 76.6 Å². The van der Waals surface area contributed by atoms with E-state index < -0.39 is 5.41 Å². The number of amides is 3. The molecule has 224 valence electrons. The minimum atomic E-state index is -0.952. The van der Waals surface area contributed by atoms with E-state index in [9.17, 15) is 19.6 Å². The number of piperidine rings is 1. The van der Waals surface area contributed by atoms with Crippen LogP contribution in [0.4, 0.5) is 0 Å². The molecule has 2 fully saturated rings. The van der Waals surface area contributed by atoms with Crippen LogP contribution in [0.1, 0.15) is 63.9 Å².